The summed E-state index contributed by atoms with van der Waals surface area (Å²) in [5, 5.41) is 9.51. The number of hydrogen-bond acceptors (Lipinski definition) is 5. The Hall–Kier alpha value is -3.72. The minimum Gasteiger partial charge on any atom is -0.357 e. The van der Waals surface area contributed by atoms with E-state index in [9.17, 15) is 9.59 Å². The molecule has 1 aromatic carbocycles. The first kappa shape index (κ1) is 21.8. The van der Waals surface area contributed by atoms with E-state index in [4.69, 9.17) is 16.6 Å². The maximum Gasteiger partial charge on any atom is 0.276 e. The highest BCUT2D eigenvalue weighted by atomic mass is 35.5. The Morgan fingerprint density at radius 3 is 2.40 bits per heavy atom. The largest absolute Gasteiger partial charge is 0.357 e. The minimum absolute atomic E-state index is 0.0817. The first-order valence-electron chi connectivity index (χ1n) is 11.7. The van der Waals surface area contributed by atoms with E-state index in [0.29, 0.717) is 54.0 Å². The van der Waals surface area contributed by atoms with E-state index in [1.807, 2.05) is 42.2 Å². The van der Waals surface area contributed by atoms with E-state index in [1.54, 1.807) is 32.8 Å². The SMILES string of the molecule is Cn1ccc(-c2cc(Cl)c3ccc(C(=O)N4CCN(C(=O)c5cn(C6CC6)nn5)CC4)cc3n2)c1. The molecule has 178 valence electrons. The fraction of sp³-hybridized carbons (Fsp3) is 0.320. The van der Waals surface area contributed by atoms with Gasteiger partial charge in [0.2, 0.25) is 0 Å². The molecule has 1 saturated heterocycles. The molecule has 2 fully saturated rings. The summed E-state index contributed by atoms with van der Waals surface area (Å²) in [4.78, 5) is 34.3. The topological polar surface area (TPSA) is 89.2 Å². The fourth-order valence-corrected chi connectivity index (χ4v) is 4.73. The van der Waals surface area contributed by atoms with Gasteiger partial charge >= 0.3 is 0 Å². The number of amides is 2. The van der Waals surface area contributed by atoms with E-state index >= 15 is 0 Å². The maximum atomic E-state index is 13.3. The molecule has 4 heterocycles. The number of aromatic nitrogens is 5. The van der Waals surface area contributed by atoms with E-state index in [0.717, 1.165) is 29.5 Å². The van der Waals surface area contributed by atoms with Crippen LogP contribution in [-0.2, 0) is 7.05 Å². The highest BCUT2D eigenvalue weighted by Gasteiger charge is 2.29. The first-order chi connectivity index (χ1) is 17.0. The zero-order chi connectivity index (χ0) is 24.1. The molecule has 2 aliphatic rings. The van der Waals surface area contributed by atoms with Crippen LogP contribution >= 0.6 is 11.6 Å². The lowest BCUT2D eigenvalue weighted by molar-refractivity contribution is 0.0532. The molecule has 1 saturated carbocycles. The Morgan fingerprint density at radius 2 is 1.71 bits per heavy atom. The monoisotopic (exact) mass is 489 g/mol. The van der Waals surface area contributed by atoms with Crippen LogP contribution in [-0.4, -0.2) is 72.3 Å². The van der Waals surface area contributed by atoms with Crippen molar-refractivity contribution in [1.82, 2.24) is 34.3 Å². The molecule has 1 aliphatic heterocycles. The Kier molecular flexibility index (Phi) is 5.29. The molecular formula is C25H24ClN7O2. The molecular weight excluding hydrogens is 466 g/mol. The van der Waals surface area contributed by atoms with Crippen molar-refractivity contribution in [3.63, 3.8) is 0 Å². The zero-order valence-electron chi connectivity index (χ0n) is 19.3. The summed E-state index contributed by atoms with van der Waals surface area (Å²) in [6.45, 7) is 1.82. The van der Waals surface area contributed by atoms with Gasteiger partial charge in [0, 0.05) is 62.1 Å². The summed E-state index contributed by atoms with van der Waals surface area (Å²) < 4.78 is 3.73. The smallest absolute Gasteiger partial charge is 0.276 e. The molecule has 9 nitrogen and oxygen atoms in total. The Labute approximate surface area is 206 Å². The van der Waals surface area contributed by atoms with E-state index in [1.165, 1.54) is 0 Å². The molecule has 35 heavy (non-hydrogen) atoms. The van der Waals surface area contributed by atoms with Crippen molar-refractivity contribution in [3.8, 4) is 11.3 Å². The van der Waals surface area contributed by atoms with Gasteiger partial charge in [-0.2, -0.15) is 0 Å². The third kappa shape index (κ3) is 4.16. The van der Waals surface area contributed by atoms with Crippen molar-refractivity contribution < 1.29 is 9.59 Å². The zero-order valence-corrected chi connectivity index (χ0v) is 20.0. The van der Waals surface area contributed by atoms with Gasteiger partial charge in [0.05, 0.1) is 28.5 Å². The highest BCUT2D eigenvalue weighted by molar-refractivity contribution is 6.35. The predicted octanol–water partition coefficient (Wildman–Crippen LogP) is 3.42. The number of carbonyl (C=O) groups is 2. The summed E-state index contributed by atoms with van der Waals surface area (Å²) in [5.74, 6) is -0.219. The van der Waals surface area contributed by atoms with Crippen LogP contribution in [0.5, 0.6) is 0 Å². The first-order valence-corrected chi connectivity index (χ1v) is 12.1. The Balaban J connectivity index is 1.17. The molecule has 0 bridgehead atoms. The van der Waals surface area contributed by atoms with Gasteiger partial charge < -0.3 is 14.4 Å². The van der Waals surface area contributed by atoms with Crippen molar-refractivity contribution in [1.29, 1.82) is 0 Å². The van der Waals surface area contributed by atoms with E-state index < -0.39 is 0 Å². The molecule has 0 N–H and O–H groups in total. The number of hydrogen-bond donors (Lipinski definition) is 0. The van der Waals surface area contributed by atoms with Crippen LogP contribution in [0.15, 0.2) is 48.9 Å². The second kappa shape index (κ2) is 8.49. The average molecular weight is 490 g/mol. The van der Waals surface area contributed by atoms with E-state index in [-0.39, 0.29) is 11.8 Å². The van der Waals surface area contributed by atoms with Crippen molar-refractivity contribution in [2.45, 2.75) is 18.9 Å². The van der Waals surface area contributed by atoms with Crippen molar-refractivity contribution >= 4 is 34.3 Å². The van der Waals surface area contributed by atoms with Gasteiger partial charge in [0.1, 0.15) is 0 Å². The molecule has 0 atom stereocenters. The lowest BCUT2D eigenvalue weighted by atomic mass is 10.1. The average Bonchev–Trinajstić information content (AvgIpc) is 3.44. The normalized spacial score (nSPS) is 16.2. The van der Waals surface area contributed by atoms with Crippen molar-refractivity contribution in [3.05, 3.63) is 65.2 Å². The summed E-state index contributed by atoms with van der Waals surface area (Å²) in [5.41, 5.74) is 3.32. The van der Waals surface area contributed by atoms with Crippen LogP contribution in [0.25, 0.3) is 22.2 Å². The Morgan fingerprint density at radius 1 is 0.971 bits per heavy atom. The van der Waals surface area contributed by atoms with Gasteiger partial charge in [-0.1, -0.05) is 22.9 Å². The third-order valence-corrected chi connectivity index (χ3v) is 6.95. The second-order valence-corrected chi connectivity index (χ2v) is 9.59. The van der Waals surface area contributed by atoms with Gasteiger partial charge in [-0.05, 0) is 37.1 Å². The van der Waals surface area contributed by atoms with Crippen LogP contribution in [0.2, 0.25) is 5.02 Å². The second-order valence-electron chi connectivity index (χ2n) is 9.19. The summed E-state index contributed by atoms with van der Waals surface area (Å²) >= 11 is 6.53. The van der Waals surface area contributed by atoms with Gasteiger partial charge in [-0.15, -0.1) is 5.10 Å². The summed E-state index contributed by atoms with van der Waals surface area (Å²) in [6, 6.07) is 9.63. The molecule has 0 radical (unpaired) electrons. The minimum atomic E-state index is -0.137. The Bertz CT molecular complexity index is 1450. The standard InChI is InChI=1S/C25H24ClN7O2/c1-30-7-6-17(14-30)21-13-20(26)19-5-2-16(12-22(19)27-21)24(34)31-8-10-32(11-9-31)25(35)23-15-33(29-28-23)18-3-4-18/h2,5-7,12-15,18H,3-4,8-11H2,1H3. The quantitative estimate of drug-likeness (QED) is 0.438. The fourth-order valence-electron chi connectivity index (χ4n) is 4.47. The molecule has 0 spiro atoms. The summed E-state index contributed by atoms with van der Waals surface area (Å²) in [6.07, 6.45) is 7.83. The van der Waals surface area contributed by atoms with Crippen molar-refractivity contribution in [2.75, 3.05) is 26.2 Å². The predicted molar refractivity (Wildman–Crippen MR) is 131 cm³/mol. The number of pyridine rings is 1. The molecule has 10 heteroatoms. The molecule has 2 amide bonds. The number of nitrogens with zero attached hydrogens (tertiary/aromatic N) is 7. The summed E-state index contributed by atoms with van der Waals surface area (Å²) in [7, 11) is 1.95. The maximum absolute atomic E-state index is 13.3. The lowest BCUT2D eigenvalue weighted by Gasteiger charge is -2.34. The number of piperazine rings is 1. The molecule has 6 rings (SSSR count). The van der Waals surface area contributed by atoms with Crippen LogP contribution in [0.4, 0.5) is 0 Å². The third-order valence-electron chi connectivity index (χ3n) is 6.64. The van der Waals surface area contributed by atoms with Crippen LogP contribution < -0.4 is 0 Å². The number of aryl methyl sites for hydroxylation is 1. The highest BCUT2D eigenvalue weighted by Crippen LogP contribution is 2.34. The molecule has 1 aliphatic carbocycles. The van der Waals surface area contributed by atoms with E-state index in [2.05, 4.69) is 10.3 Å². The molecule has 4 aromatic rings. The number of rotatable bonds is 4. The molecule has 3 aromatic heterocycles. The number of halogens is 1. The number of benzene rings is 1. The van der Waals surface area contributed by atoms with Crippen molar-refractivity contribution in [2.24, 2.45) is 7.05 Å². The van der Waals surface area contributed by atoms with Crippen LogP contribution in [0, 0.1) is 0 Å². The number of fused-ring (bicyclic) bond motifs is 1. The van der Waals surface area contributed by atoms with Gasteiger partial charge in [0.25, 0.3) is 11.8 Å². The van der Waals surface area contributed by atoms with Crippen LogP contribution in [0.1, 0.15) is 39.7 Å². The van der Waals surface area contributed by atoms with Gasteiger partial charge in [-0.25, -0.2) is 9.67 Å². The van der Waals surface area contributed by atoms with Crippen LogP contribution in [0.3, 0.4) is 0 Å². The lowest BCUT2D eigenvalue weighted by Crippen LogP contribution is -2.50. The molecule has 0 unspecified atom stereocenters. The van der Waals surface area contributed by atoms with Gasteiger partial charge in [0.15, 0.2) is 5.69 Å². The van der Waals surface area contributed by atoms with Gasteiger partial charge in [-0.3, -0.25) is 9.59 Å². The number of carbonyl (C=O) groups excluding carboxylic acids is 2.